The predicted molar refractivity (Wildman–Crippen MR) is 93.5 cm³/mol. The van der Waals surface area contributed by atoms with E-state index in [1.807, 2.05) is 16.9 Å². The van der Waals surface area contributed by atoms with E-state index in [9.17, 15) is 14.9 Å². The fourth-order valence-corrected chi connectivity index (χ4v) is 3.15. The van der Waals surface area contributed by atoms with Crippen LogP contribution in [0.25, 0.3) is 0 Å². The Bertz CT molecular complexity index is 780. The number of nitrogens with zero attached hydrogens (tertiary/aromatic N) is 3. The van der Waals surface area contributed by atoms with Crippen molar-refractivity contribution in [3.8, 4) is 0 Å². The lowest BCUT2D eigenvalue weighted by Crippen LogP contribution is -2.20. The molecule has 0 bridgehead atoms. The van der Waals surface area contributed by atoms with Gasteiger partial charge in [-0.05, 0) is 25.0 Å². The molecular formula is C17H21N5O3. The van der Waals surface area contributed by atoms with Gasteiger partial charge in [-0.3, -0.25) is 19.6 Å². The summed E-state index contributed by atoms with van der Waals surface area (Å²) in [4.78, 5) is 22.4. The third kappa shape index (κ3) is 3.78. The molecule has 25 heavy (non-hydrogen) atoms. The van der Waals surface area contributed by atoms with Gasteiger partial charge in [-0.2, -0.15) is 5.10 Å². The second kappa shape index (κ2) is 7.33. The molecule has 0 radical (unpaired) electrons. The SMILES string of the molecule is CNC(=O)c1cc([N+](=O)[O-])ccc1NCc1ccn(C2CCCC2)n1. The first-order valence-electron chi connectivity index (χ1n) is 8.37. The molecule has 1 aromatic carbocycles. The van der Waals surface area contributed by atoms with Gasteiger partial charge >= 0.3 is 0 Å². The molecule has 3 rings (SSSR count). The number of rotatable bonds is 6. The van der Waals surface area contributed by atoms with E-state index in [0.29, 0.717) is 18.3 Å². The molecule has 1 fully saturated rings. The van der Waals surface area contributed by atoms with Crippen molar-refractivity contribution in [3.63, 3.8) is 0 Å². The molecule has 1 aromatic heterocycles. The van der Waals surface area contributed by atoms with Crippen molar-refractivity contribution in [2.45, 2.75) is 38.3 Å². The summed E-state index contributed by atoms with van der Waals surface area (Å²) in [6, 6.07) is 6.64. The van der Waals surface area contributed by atoms with Gasteiger partial charge < -0.3 is 10.6 Å². The van der Waals surface area contributed by atoms with Crippen molar-refractivity contribution >= 4 is 17.3 Å². The molecule has 132 valence electrons. The van der Waals surface area contributed by atoms with Crippen molar-refractivity contribution in [2.75, 3.05) is 12.4 Å². The van der Waals surface area contributed by atoms with Gasteiger partial charge in [0.05, 0.1) is 28.8 Å². The summed E-state index contributed by atoms with van der Waals surface area (Å²) in [5, 5.41) is 21.2. The summed E-state index contributed by atoms with van der Waals surface area (Å²) < 4.78 is 2.01. The van der Waals surface area contributed by atoms with Gasteiger partial charge in [0.25, 0.3) is 11.6 Å². The van der Waals surface area contributed by atoms with Crippen LogP contribution in [-0.4, -0.2) is 27.7 Å². The van der Waals surface area contributed by atoms with E-state index in [-0.39, 0.29) is 17.2 Å². The number of carbonyl (C=O) groups excluding carboxylic acids is 1. The van der Waals surface area contributed by atoms with Crippen LogP contribution in [0.2, 0.25) is 0 Å². The molecule has 0 atom stereocenters. The van der Waals surface area contributed by atoms with Gasteiger partial charge in [0.2, 0.25) is 0 Å². The Balaban J connectivity index is 1.74. The highest BCUT2D eigenvalue weighted by atomic mass is 16.6. The van der Waals surface area contributed by atoms with E-state index in [1.165, 1.54) is 32.0 Å². The highest BCUT2D eigenvalue weighted by Crippen LogP contribution is 2.29. The fraction of sp³-hybridized carbons (Fsp3) is 0.412. The van der Waals surface area contributed by atoms with E-state index in [0.717, 1.165) is 18.5 Å². The van der Waals surface area contributed by atoms with Gasteiger partial charge in [0, 0.05) is 31.1 Å². The average molecular weight is 343 g/mol. The van der Waals surface area contributed by atoms with Crippen LogP contribution in [0.5, 0.6) is 0 Å². The summed E-state index contributed by atoms with van der Waals surface area (Å²) >= 11 is 0. The molecule has 0 unspecified atom stereocenters. The van der Waals surface area contributed by atoms with Crippen molar-refractivity contribution in [2.24, 2.45) is 0 Å². The zero-order valence-electron chi connectivity index (χ0n) is 14.1. The van der Waals surface area contributed by atoms with Crippen molar-refractivity contribution in [1.29, 1.82) is 0 Å². The Labute approximate surface area is 145 Å². The van der Waals surface area contributed by atoms with Gasteiger partial charge in [0.15, 0.2) is 0 Å². The van der Waals surface area contributed by atoms with Crippen LogP contribution >= 0.6 is 0 Å². The minimum absolute atomic E-state index is 0.116. The van der Waals surface area contributed by atoms with Crippen molar-refractivity contribution in [1.82, 2.24) is 15.1 Å². The number of amides is 1. The number of carbonyl (C=O) groups is 1. The first-order valence-corrected chi connectivity index (χ1v) is 8.37. The molecule has 8 heteroatoms. The lowest BCUT2D eigenvalue weighted by atomic mass is 10.1. The number of aromatic nitrogens is 2. The number of benzene rings is 1. The molecule has 0 spiro atoms. The Kier molecular flexibility index (Phi) is 4.97. The standard InChI is InChI=1S/C17H21N5O3/c1-18-17(23)15-10-14(22(24)25)6-7-16(15)19-11-12-8-9-21(20-12)13-4-2-3-5-13/h6-10,13,19H,2-5,11H2,1H3,(H,18,23). The van der Waals surface area contributed by atoms with Gasteiger partial charge in [-0.25, -0.2) is 0 Å². The van der Waals surface area contributed by atoms with E-state index < -0.39 is 4.92 Å². The Hall–Kier alpha value is -2.90. The van der Waals surface area contributed by atoms with E-state index in [1.54, 1.807) is 6.07 Å². The molecule has 1 saturated carbocycles. The Morgan fingerprint density at radius 3 is 2.80 bits per heavy atom. The van der Waals surface area contributed by atoms with Crippen LogP contribution in [-0.2, 0) is 6.54 Å². The van der Waals surface area contributed by atoms with Crippen LogP contribution in [0, 0.1) is 10.1 Å². The van der Waals surface area contributed by atoms with Crippen LogP contribution in [0.3, 0.4) is 0 Å². The normalized spacial score (nSPS) is 14.4. The topological polar surface area (TPSA) is 102 Å². The Morgan fingerprint density at radius 1 is 1.36 bits per heavy atom. The third-order valence-electron chi connectivity index (χ3n) is 4.51. The number of hydrogen-bond acceptors (Lipinski definition) is 5. The van der Waals surface area contributed by atoms with Crippen LogP contribution < -0.4 is 10.6 Å². The molecule has 2 aromatic rings. The van der Waals surface area contributed by atoms with E-state index in [4.69, 9.17) is 0 Å². The molecule has 8 nitrogen and oxygen atoms in total. The van der Waals surface area contributed by atoms with E-state index >= 15 is 0 Å². The van der Waals surface area contributed by atoms with E-state index in [2.05, 4.69) is 15.7 Å². The van der Waals surface area contributed by atoms with Crippen molar-refractivity contribution < 1.29 is 9.72 Å². The second-order valence-electron chi connectivity index (χ2n) is 6.15. The summed E-state index contributed by atoms with van der Waals surface area (Å²) in [5.74, 6) is -0.373. The zero-order valence-corrected chi connectivity index (χ0v) is 14.1. The molecule has 1 amide bonds. The average Bonchev–Trinajstić information content (AvgIpc) is 3.30. The molecule has 1 aliphatic carbocycles. The smallest absolute Gasteiger partial charge is 0.270 e. The van der Waals surface area contributed by atoms with Gasteiger partial charge in [-0.15, -0.1) is 0 Å². The second-order valence-corrected chi connectivity index (χ2v) is 6.15. The molecule has 0 saturated heterocycles. The summed E-state index contributed by atoms with van der Waals surface area (Å²) in [7, 11) is 1.49. The van der Waals surface area contributed by atoms with Gasteiger partial charge in [-0.1, -0.05) is 12.8 Å². The quantitative estimate of drug-likeness (QED) is 0.620. The molecular weight excluding hydrogens is 322 g/mol. The molecule has 0 aliphatic heterocycles. The lowest BCUT2D eigenvalue weighted by molar-refractivity contribution is -0.384. The minimum atomic E-state index is -0.514. The monoisotopic (exact) mass is 343 g/mol. The molecule has 2 N–H and O–H groups in total. The number of anilines is 1. The van der Waals surface area contributed by atoms with Crippen molar-refractivity contribution in [3.05, 3.63) is 51.8 Å². The number of nitro benzene ring substituents is 1. The number of hydrogen-bond donors (Lipinski definition) is 2. The first kappa shape index (κ1) is 16.9. The summed E-state index contributed by atoms with van der Waals surface area (Å²) in [5.41, 5.74) is 1.54. The summed E-state index contributed by atoms with van der Waals surface area (Å²) in [6.45, 7) is 0.446. The highest BCUT2D eigenvalue weighted by Gasteiger charge is 2.18. The number of nitrogens with one attached hydrogen (secondary N) is 2. The lowest BCUT2D eigenvalue weighted by Gasteiger charge is -2.11. The number of nitro groups is 1. The maximum atomic E-state index is 12.0. The van der Waals surface area contributed by atoms with Crippen LogP contribution in [0.4, 0.5) is 11.4 Å². The first-order chi connectivity index (χ1) is 12.1. The fourth-order valence-electron chi connectivity index (χ4n) is 3.15. The number of non-ortho nitro benzene ring substituents is 1. The van der Waals surface area contributed by atoms with Crippen LogP contribution in [0.1, 0.15) is 47.8 Å². The largest absolute Gasteiger partial charge is 0.379 e. The Morgan fingerprint density at radius 2 is 2.12 bits per heavy atom. The maximum Gasteiger partial charge on any atom is 0.270 e. The summed E-state index contributed by atoms with van der Waals surface area (Å²) in [6.07, 6.45) is 6.81. The maximum absolute atomic E-state index is 12.0. The third-order valence-corrected chi connectivity index (χ3v) is 4.51. The predicted octanol–water partition coefficient (Wildman–Crippen LogP) is 2.88. The minimum Gasteiger partial charge on any atom is -0.379 e. The van der Waals surface area contributed by atoms with Gasteiger partial charge in [0.1, 0.15) is 0 Å². The van der Waals surface area contributed by atoms with Crippen LogP contribution in [0.15, 0.2) is 30.5 Å². The highest BCUT2D eigenvalue weighted by molar-refractivity contribution is 6.00. The molecule has 1 heterocycles. The molecule has 1 aliphatic rings. The zero-order chi connectivity index (χ0) is 17.8.